The van der Waals surface area contributed by atoms with Crippen molar-refractivity contribution in [2.75, 3.05) is 57.1 Å². The number of benzene rings is 1. The molecule has 1 saturated heterocycles. The third-order valence-corrected chi connectivity index (χ3v) is 7.32. The van der Waals surface area contributed by atoms with Gasteiger partial charge in [-0.3, -0.25) is 4.90 Å². The van der Waals surface area contributed by atoms with Gasteiger partial charge in [0, 0.05) is 51.1 Å². The predicted molar refractivity (Wildman–Crippen MR) is 110 cm³/mol. The van der Waals surface area contributed by atoms with Crippen molar-refractivity contribution in [3.63, 3.8) is 0 Å². The van der Waals surface area contributed by atoms with E-state index in [-0.39, 0.29) is 17.9 Å². The zero-order valence-electron chi connectivity index (χ0n) is 16.4. The van der Waals surface area contributed by atoms with Crippen LogP contribution in [0, 0.1) is 0 Å². The maximum absolute atomic E-state index is 12.3. The standard InChI is InChI=1S/C20H33N3O3S/c1-26-16-17-27(24,25)21-18-20(10-6-3-7-11-20)23-14-12-22(13-15-23)19-8-4-2-5-9-19/h2,4-5,8-9,21H,3,6-7,10-18H2,1H3. The van der Waals surface area contributed by atoms with Gasteiger partial charge in [0.05, 0.1) is 12.4 Å². The zero-order chi connectivity index (χ0) is 19.2. The molecule has 0 radical (unpaired) electrons. The summed E-state index contributed by atoms with van der Waals surface area (Å²) in [5, 5.41) is 0. The minimum atomic E-state index is -3.29. The van der Waals surface area contributed by atoms with E-state index in [4.69, 9.17) is 4.74 Å². The van der Waals surface area contributed by atoms with Gasteiger partial charge >= 0.3 is 0 Å². The summed E-state index contributed by atoms with van der Waals surface area (Å²) in [6.07, 6.45) is 5.76. The van der Waals surface area contributed by atoms with Crippen molar-refractivity contribution in [1.29, 1.82) is 0 Å². The van der Waals surface area contributed by atoms with Gasteiger partial charge in [0.15, 0.2) is 0 Å². The minimum Gasteiger partial charge on any atom is -0.384 e. The molecule has 152 valence electrons. The highest BCUT2D eigenvalue weighted by Crippen LogP contribution is 2.34. The maximum Gasteiger partial charge on any atom is 0.213 e. The Kier molecular flexibility index (Phi) is 7.14. The average Bonchev–Trinajstić information content (AvgIpc) is 2.72. The van der Waals surface area contributed by atoms with E-state index in [1.165, 1.54) is 32.1 Å². The van der Waals surface area contributed by atoms with Crippen LogP contribution in [0.2, 0.25) is 0 Å². The Labute approximate surface area is 163 Å². The molecule has 0 aromatic heterocycles. The van der Waals surface area contributed by atoms with Crippen molar-refractivity contribution < 1.29 is 13.2 Å². The first kappa shape index (κ1) is 20.6. The zero-order valence-corrected chi connectivity index (χ0v) is 17.2. The van der Waals surface area contributed by atoms with Crippen molar-refractivity contribution in [1.82, 2.24) is 9.62 Å². The molecule has 7 heteroatoms. The van der Waals surface area contributed by atoms with Crippen molar-refractivity contribution in [2.45, 2.75) is 37.6 Å². The molecule has 0 atom stereocenters. The fraction of sp³-hybridized carbons (Fsp3) is 0.700. The molecular weight excluding hydrogens is 362 g/mol. The number of hydrogen-bond donors (Lipinski definition) is 1. The SMILES string of the molecule is COCCS(=O)(=O)NCC1(N2CCN(c3ccccc3)CC2)CCCCC1. The second kappa shape index (κ2) is 9.37. The van der Waals surface area contributed by atoms with E-state index >= 15 is 0 Å². The Morgan fingerprint density at radius 2 is 1.70 bits per heavy atom. The summed E-state index contributed by atoms with van der Waals surface area (Å²) >= 11 is 0. The number of sulfonamides is 1. The maximum atomic E-state index is 12.3. The molecule has 6 nitrogen and oxygen atoms in total. The normalized spacial score (nSPS) is 21.3. The van der Waals surface area contributed by atoms with Crippen LogP contribution in [0.4, 0.5) is 5.69 Å². The topological polar surface area (TPSA) is 61.9 Å². The predicted octanol–water partition coefficient (Wildman–Crippen LogP) is 2.08. The number of ether oxygens (including phenoxy) is 1. The van der Waals surface area contributed by atoms with E-state index in [2.05, 4.69) is 38.8 Å². The highest BCUT2D eigenvalue weighted by Gasteiger charge is 2.40. The summed E-state index contributed by atoms with van der Waals surface area (Å²) < 4.78 is 32.4. The van der Waals surface area contributed by atoms with Crippen molar-refractivity contribution in [3.8, 4) is 0 Å². The highest BCUT2D eigenvalue weighted by atomic mass is 32.2. The van der Waals surface area contributed by atoms with E-state index in [1.54, 1.807) is 0 Å². The van der Waals surface area contributed by atoms with Crippen LogP contribution in [-0.4, -0.2) is 71.0 Å². The Morgan fingerprint density at radius 3 is 2.33 bits per heavy atom. The summed E-state index contributed by atoms with van der Waals surface area (Å²) in [7, 11) is -1.75. The number of rotatable bonds is 8. The van der Waals surface area contributed by atoms with Gasteiger partial charge < -0.3 is 9.64 Å². The molecule has 3 rings (SSSR count). The van der Waals surface area contributed by atoms with Crippen LogP contribution in [0.15, 0.2) is 30.3 Å². The van der Waals surface area contributed by atoms with E-state index < -0.39 is 10.0 Å². The number of nitrogens with zero attached hydrogens (tertiary/aromatic N) is 2. The number of hydrogen-bond acceptors (Lipinski definition) is 5. The molecule has 1 aliphatic heterocycles. The van der Waals surface area contributed by atoms with E-state index in [0.29, 0.717) is 6.54 Å². The second-order valence-electron chi connectivity index (χ2n) is 7.73. The lowest BCUT2D eigenvalue weighted by Gasteiger charge is -2.50. The lowest BCUT2D eigenvalue weighted by atomic mass is 9.80. The van der Waals surface area contributed by atoms with Crippen LogP contribution < -0.4 is 9.62 Å². The quantitative estimate of drug-likeness (QED) is 0.730. The summed E-state index contributed by atoms with van der Waals surface area (Å²) in [5.41, 5.74) is 1.23. The molecular formula is C20H33N3O3S. The molecule has 1 heterocycles. The van der Waals surface area contributed by atoms with Gasteiger partial charge in [-0.2, -0.15) is 0 Å². The number of anilines is 1. The van der Waals surface area contributed by atoms with Crippen LogP contribution in [0.25, 0.3) is 0 Å². The first-order chi connectivity index (χ1) is 13.0. The Hall–Kier alpha value is -1.15. The van der Waals surface area contributed by atoms with E-state index in [1.807, 2.05) is 6.07 Å². The molecule has 1 aromatic carbocycles. The molecule has 1 saturated carbocycles. The molecule has 0 bridgehead atoms. The number of piperazine rings is 1. The van der Waals surface area contributed by atoms with Crippen molar-refractivity contribution in [2.24, 2.45) is 0 Å². The first-order valence-corrected chi connectivity index (χ1v) is 11.7. The van der Waals surface area contributed by atoms with Gasteiger partial charge in [0.1, 0.15) is 0 Å². The molecule has 27 heavy (non-hydrogen) atoms. The summed E-state index contributed by atoms with van der Waals surface area (Å²) in [4.78, 5) is 4.97. The summed E-state index contributed by atoms with van der Waals surface area (Å²) in [5.74, 6) is 0.0291. The molecule has 2 fully saturated rings. The fourth-order valence-electron chi connectivity index (χ4n) is 4.40. The minimum absolute atomic E-state index is 0.0291. The molecule has 0 amide bonds. The van der Waals surface area contributed by atoms with Gasteiger partial charge in [-0.15, -0.1) is 0 Å². The van der Waals surface area contributed by atoms with Gasteiger partial charge in [0.2, 0.25) is 10.0 Å². The van der Waals surface area contributed by atoms with Crippen LogP contribution in [0.5, 0.6) is 0 Å². The van der Waals surface area contributed by atoms with Gasteiger partial charge in [0.25, 0.3) is 0 Å². The summed E-state index contributed by atoms with van der Waals surface area (Å²) in [6.45, 7) is 4.69. The monoisotopic (exact) mass is 395 g/mol. The van der Waals surface area contributed by atoms with Crippen LogP contribution in [-0.2, 0) is 14.8 Å². The third kappa shape index (κ3) is 5.44. The molecule has 1 aliphatic carbocycles. The van der Waals surface area contributed by atoms with Crippen LogP contribution in [0.1, 0.15) is 32.1 Å². The van der Waals surface area contributed by atoms with Crippen LogP contribution >= 0.6 is 0 Å². The van der Waals surface area contributed by atoms with Crippen LogP contribution in [0.3, 0.4) is 0 Å². The Bertz CT molecular complexity index is 667. The van der Waals surface area contributed by atoms with Crippen molar-refractivity contribution >= 4 is 15.7 Å². The fourth-order valence-corrected chi connectivity index (χ4v) is 5.42. The molecule has 0 spiro atoms. The first-order valence-electron chi connectivity index (χ1n) is 10.1. The lowest BCUT2D eigenvalue weighted by Crippen LogP contribution is -2.62. The van der Waals surface area contributed by atoms with Gasteiger partial charge in [-0.05, 0) is 25.0 Å². The summed E-state index contributed by atoms with van der Waals surface area (Å²) in [6, 6.07) is 10.5. The smallest absolute Gasteiger partial charge is 0.213 e. The highest BCUT2D eigenvalue weighted by molar-refractivity contribution is 7.89. The molecule has 2 aliphatic rings. The number of para-hydroxylation sites is 1. The van der Waals surface area contributed by atoms with E-state index in [9.17, 15) is 8.42 Å². The Morgan fingerprint density at radius 1 is 1.04 bits per heavy atom. The van der Waals surface area contributed by atoms with Gasteiger partial charge in [-0.25, -0.2) is 13.1 Å². The van der Waals surface area contributed by atoms with Gasteiger partial charge in [-0.1, -0.05) is 37.5 Å². The number of nitrogens with one attached hydrogen (secondary N) is 1. The van der Waals surface area contributed by atoms with E-state index in [0.717, 1.165) is 39.0 Å². The molecule has 0 unspecified atom stereocenters. The molecule has 1 aromatic rings. The average molecular weight is 396 g/mol. The van der Waals surface area contributed by atoms with Crippen molar-refractivity contribution in [3.05, 3.63) is 30.3 Å². The lowest BCUT2D eigenvalue weighted by molar-refractivity contribution is 0.0488. The number of methoxy groups -OCH3 is 1. The third-order valence-electron chi connectivity index (χ3n) is 6.03. The largest absolute Gasteiger partial charge is 0.384 e. The molecule has 1 N–H and O–H groups in total. The Balaban J connectivity index is 1.63. The second-order valence-corrected chi connectivity index (χ2v) is 9.65.